The minimum Gasteiger partial charge on any atom is -0.486 e. The second-order valence-electron chi connectivity index (χ2n) is 5.44. The van der Waals surface area contributed by atoms with Gasteiger partial charge in [0.05, 0.1) is 13.0 Å². The molecule has 0 aliphatic heterocycles. The topological polar surface area (TPSA) is 69.7 Å². The van der Waals surface area contributed by atoms with Gasteiger partial charge >= 0.3 is 5.97 Å². The van der Waals surface area contributed by atoms with Gasteiger partial charge in [-0.3, -0.25) is 9.59 Å². The zero-order chi connectivity index (χ0) is 18.2. The van der Waals surface area contributed by atoms with Crippen molar-refractivity contribution in [3.8, 4) is 5.75 Å². The van der Waals surface area contributed by atoms with Crippen LogP contribution in [0.1, 0.15) is 42.3 Å². The molecule has 0 spiro atoms. The highest BCUT2D eigenvalue weighted by Crippen LogP contribution is 2.23. The van der Waals surface area contributed by atoms with Gasteiger partial charge in [0.25, 0.3) is 0 Å². The Hall–Kier alpha value is -2.95. The van der Waals surface area contributed by atoms with Crippen LogP contribution in [0, 0.1) is 0 Å². The molecule has 0 fully saturated rings. The SMILES string of the molecule is CCOC(=O)C(=O)CC(=O)c1cccc(O[C@@H](C)c2ccccc2)c1. The Labute approximate surface area is 146 Å². The molecule has 2 rings (SSSR count). The molecule has 0 amide bonds. The molecule has 25 heavy (non-hydrogen) atoms. The van der Waals surface area contributed by atoms with Crippen molar-refractivity contribution >= 4 is 17.5 Å². The Bertz CT molecular complexity index is 752. The van der Waals surface area contributed by atoms with Crippen molar-refractivity contribution in [3.63, 3.8) is 0 Å². The summed E-state index contributed by atoms with van der Waals surface area (Å²) in [7, 11) is 0. The first-order valence-corrected chi connectivity index (χ1v) is 8.06. The predicted octanol–water partition coefficient (Wildman–Crippen LogP) is 3.53. The summed E-state index contributed by atoms with van der Waals surface area (Å²) in [6.07, 6.45) is -0.705. The number of hydrogen-bond donors (Lipinski definition) is 0. The van der Waals surface area contributed by atoms with Crippen LogP contribution in [0.25, 0.3) is 0 Å². The van der Waals surface area contributed by atoms with Crippen molar-refractivity contribution in [1.82, 2.24) is 0 Å². The molecule has 2 aromatic rings. The molecule has 0 aliphatic rings. The monoisotopic (exact) mass is 340 g/mol. The average molecular weight is 340 g/mol. The van der Waals surface area contributed by atoms with E-state index in [2.05, 4.69) is 4.74 Å². The van der Waals surface area contributed by atoms with E-state index in [-0.39, 0.29) is 12.7 Å². The van der Waals surface area contributed by atoms with E-state index in [1.165, 1.54) is 0 Å². The largest absolute Gasteiger partial charge is 0.486 e. The molecule has 5 nitrogen and oxygen atoms in total. The zero-order valence-corrected chi connectivity index (χ0v) is 14.2. The fraction of sp³-hybridized carbons (Fsp3) is 0.250. The molecule has 2 aromatic carbocycles. The van der Waals surface area contributed by atoms with Crippen LogP contribution in [0.15, 0.2) is 54.6 Å². The maximum Gasteiger partial charge on any atom is 0.375 e. The van der Waals surface area contributed by atoms with Crippen LogP contribution < -0.4 is 4.74 Å². The highest BCUT2D eigenvalue weighted by molar-refractivity contribution is 6.38. The van der Waals surface area contributed by atoms with Gasteiger partial charge in [-0.05, 0) is 31.5 Å². The third kappa shape index (κ3) is 5.28. The zero-order valence-electron chi connectivity index (χ0n) is 14.2. The van der Waals surface area contributed by atoms with Gasteiger partial charge < -0.3 is 9.47 Å². The Kier molecular flexibility index (Phi) is 6.46. The van der Waals surface area contributed by atoms with Gasteiger partial charge in [-0.1, -0.05) is 42.5 Å². The number of hydrogen-bond acceptors (Lipinski definition) is 5. The molecule has 0 bridgehead atoms. The number of carbonyl (C=O) groups excluding carboxylic acids is 3. The van der Waals surface area contributed by atoms with Crippen molar-refractivity contribution < 1.29 is 23.9 Å². The van der Waals surface area contributed by atoms with E-state index >= 15 is 0 Å². The number of carbonyl (C=O) groups is 3. The molecule has 0 heterocycles. The van der Waals surface area contributed by atoms with Crippen LogP contribution in [0.5, 0.6) is 5.75 Å². The minimum atomic E-state index is -0.985. The molecule has 0 radical (unpaired) electrons. The van der Waals surface area contributed by atoms with Crippen molar-refractivity contribution in [2.75, 3.05) is 6.61 Å². The van der Waals surface area contributed by atoms with E-state index in [0.717, 1.165) is 5.56 Å². The highest BCUT2D eigenvalue weighted by atomic mass is 16.5. The summed E-state index contributed by atoms with van der Waals surface area (Å²) in [6, 6.07) is 16.3. The molecule has 0 saturated heterocycles. The van der Waals surface area contributed by atoms with E-state index < -0.39 is 24.0 Å². The van der Waals surface area contributed by atoms with Crippen molar-refractivity contribution in [1.29, 1.82) is 0 Å². The van der Waals surface area contributed by atoms with Crippen LogP contribution in [0.3, 0.4) is 0 Å². The summed E-state index contributed by atoms with van der Waals surface area (Å²) < 4.78 is 10.5. The fourth-order valence-electron chi connectivity index (χ4n) is 2.27. The van der Waals surface area contributed by atoms with Crippen LogP contribution in [0.2, 0.25) is 0 Å². The van der Waals surface area contributed by atoms with Gasteiger partial charge in [-0.25, -0.2) is 4.79 Å². The third-order valence-electron chi connectivity index (χ3n) is 3.56. The molecule has 1 atom stereocenters. The third-order valence-corrected chi connectivity index (χ3v) is 3.56. The van der Waals surface area contributed by atoms with Gasteiger partial charge in [0.15, 0.2) is 5.78 Å². The first-order valence-electron chi connectivity index (χ1n) is 8.06. The number of rotatable bonds is 8. The van der Waals surface area contributed by atoms with E-state index in [9.17, 15) is 14.4 Å². The summed E-state index contributed by atoms with van der Waals surface area (Å²) in [5.74, 6) is -1.77. The smallest absolute Gasteiger partial charge is 0.375 e. The van der Waals surface area contributed by atoms with Crippen molar-refractivity contribution in [2.24, 2.45) is 0 Å². The summed E-state index contributed by atoms with van der Waals surface area (Å²) in [6.45, 7) is 3.61. The van der Waals surface area contributed by atoms with Crippen LogP contribution in [-0.2, 0) is 14.3 Å². The average Bonchev–Trinajstić information content (AvgIpc) is 2.62. The number of ether oxygens (including phenoxy) is 2. The van der Waals surface area contributed by atoms with Crippen LogP contribution in [0.4, 0.5) is 0 Å². The lowest BCUT2D eigenvalue weighted by molar-refractivity contribution is -0.153. The van der Waals surface area contributed by atoms with Gasteiger partial charge in [0.1, 0.15) is 11.9 Å². The molecular formula is C20H20O5. The molecule has 0 aliphatic carbocycles. The molecule has 0 aromatic heterocycles. The van der Waals surface area contributed by atoms with Crippen LogP contribution >= 0.6 is 0 Å². The van der Waals surface area contributed by atoms with Gasteiger partial charge in [0, 0.05) is 5.56 Å². The van der Waals surface area contributed by atoms with Gasteiger partial charge in [-0.2, -0.15) is 0 Å². The first-order chi connectivity index (χ1) is 12.0. The first kappa shape index (κ1) is 18.4. The summed E-state index contributed by atoms with van der Waals surface area (Å²) in [5, 5.41) is 0. The summed E-state index contributed by atoms with van der Waals surface area (Å²) in [5.41, 5.74) is 1.33. The van der Waals surface area contributed by atoms with Crippen LogP contribution in [-0.4, -0.2) is 24.1 Å². The lowest BCUT2D eigenvalue weighted by atomic mass is 10.1. The molecule has 130 valence electrons. The molecule has 0 N–H and O–H groups in total. The second-order valence-corrected chi connectivity index (χ2v) is 5.44. The lowest BCUT2D eigenvalue weighted by Gasteiger charge is -2.15. The number of Topliss-reactive ketones (excluding diaryl/α,β-unsaturated/α-hetero) is 2. The Morgan fingerprint density at radius 1 is 1.00 bits per heavy atom. The molecule has 0 unspecified atom stereocenters. The normalized spacial score (nSPS) is 11.4. The molecule has 0 saturated carbocycles. The number of benzene rings is 2. The van der Waals surface area contributed by atoms with E-state index in [1.54, 1.807) is 31.2 Å². The summed E-state index contributed by atoms with van der Waals surface area (Å²) >= 11 is 0. The maximum atomic E-state index is 12.2. The Morgan fingerprint density at radius 2 is 1.72 bits per heavy atom. The quantitative estimate of drug-likeness (QED) is 0.318. The predicted molar refractivity (Wildman–Crippen MR) is 92.5 cm³/mol. The Balaban J connectivity index is 2.04. The van der Waals surface area contributed by atoms with Gasteiger partial charge in [-0.15, -0.1) is 0 Å². The van der Waals surface area contributed by atoms with Crippen molar-refractivity contribution in [2.45, 2.75) is 26.4 Å². The fourth-order valence-corrected chi connectivity index (χ4v) is 2.27. The highest BCUT2D eigenvalue weighted by Gasteiger charge is 2.20. The number of ketones is 2. The van der Waals surface area contributed by atoms with Crippen molar-refractivity contribution in [3.05, 3.63) is 65.7 Å². The van der Waals surface area contributed by atoms with E-state index in [0.29, 0.717) is 11.3 Å². The standard InChI is InChI=1S/C20H20O5/c1-3-24-20(23)19(22)13-18(21)16-10-7-11-17(12-16)25-14(2)15-8-5-4-6-9-15/h4-12,14H,3,13H2,1-2H3/t14-/m0/s1. The molecule has 5 heteroatoms. The minimum absolute atomic E-state index is 0.0967. The van der Waals surface area contributed by atoms with E-state index in [4.69, 9.17) is 4.74 Å². The maximum absolute atomic E-state index is 12.2. The van der Waals surface area contributed by atoms with Gasteiger partial charge in [0.2, 0.25) is 5.78 Å². The Morgan fingerprint density at radius 3 is 2.40 bits per heavy atom. The lowest BCUT2D eigenvalue weighted by Crippen LogP contribution is -2.20. The number of esters is 1. The molecular weight excluding hydrogens is 320 g/mol. The summed E-state index contributed by atoms with van der Waals surface area (Å²) in [4.78, 5) is 35.2. The van der Waals surface area contributed by atoms with E-state index in [1.807, 2.05) is 37.3 Å². The second kappa shape index (κ2) is 8.78.